The lowest BCUT2D eigenvalue weighted by atomic mass is 9.96. The van der Waals surface area contributed by atoms with Crippen molar-refractivity contribution in [3.05, 3.63) is 0 Å². The summed E-state index contributed by atoms with van der Waals surface area (Å²) in [5.41, 5.74) is -0.399. The van der Waals surface area contributed by atoms with Gasteiger partial charge in [-0.05, 0) is 19.8 Å². The quantitative estimate of drug-likeness (QED) is 0.645. The molecule has 2 N–H and O–H groups in total. The number of carboxylic acid groups (broad SMARTS) is 1. The van der Waals surface area contributed by atoms with Crippen LogP contribution in [-0.4, -0.2) is 47.6 Å². The number of ether oxygens (including phenoxy) is 1. The van der Waals surface area contributed by atoms with Crippen molar-refractivity contribution in [2.24, 2.45) is 0 Å². The van der Waals surface area contributed by atoms with E-state index in [1.807, 2.05) is 6.92 Å². The summed E-state index contributed by atoms with van der Waals surface area (Å²) < 4.78 is 5.29. The second kappa shape index (κ2) is 3.10. The molecule has 2 aliphatic rings. The lowest BCUT2D eigenvalue weighted by Crippen LogP contribution is -2.66. The Hall–Kier alpha value is -0.810. The monoisotopic (exact) mass is 200 g/mol. The van der Waals surface area contributed by atoms with Crippen molar-refractivity contribution < 1.29 is 14.6 Å². The predicted molar refractivity (Wildman–Crippen MR) is 50.1 cm³/mol. The fourth-order valence-corrected chi connectivity index (χ4v) is 2.75. The Bertz CT molecular complexity index is 258. The van der Waals surface area contributed by atoms with Gasteiger partial charge in [0.05, 0.1) is 5.54 Å². The first-order chi connectivity index (χ1) is 6.59. The Morgan fingerprint density at radius 2 is 2.43 bits per heavy atom. The molecule has 2 fully saturated rings. The number of fused-ring (bicyclic) bond motifs is 2. The number of methoxy groups -OCH3 is 1. The molecule has 2 heterocycles. The minimum absolute atomic E-state index is 0.115. The zero-order valence-corrected chi connectivity index (χ0v) is 8.49. The molecule has 2 saturated heterocycles. The molecule has 1 amide bonds. The van der Waals surface area contributed by atoms with Crippen molar-refractivity contribution in [3.8, 4) is 0 Å². The SMILES string of the molecule is COC1NCC2CCC1(C)N2C(=O)O. The van der Waals surface area contributed by atoms with Gasteiger partial charge in [0, 0.05) is 19.7 Å². The number of hydrogen-bond acceptors (Lipinski definition) is 3. The summed E-state index contributed by atoms with van der Waals surface area (Å²) in [7, 11) is 1.61. The summed E-state index contributed by atoms with van der Waals surface area (Å²) in [5.74, 6) is 0. The standard InChI is InChI=1S/C9H16N2O3/c1-9-4-3-6(11(9)8(12)13)5-10-7(9)14-2/h6-7,10H,3-5H2,1-2H3,(H,12,13). The lowest BCUT2D eigenvalue weighted by Gasteiger charge is -2.45. The van der Waals surface area contributed by atoms with E-state index < -0.39 is 11.6 Å². The van der Waals surface area contributed by atoms with Crippen molar-refractivity contribution in [1.29, 1.82) is 0 Å². The van der Waals surface area contributed by atoms with Crippen molar-refractivity contribution in [1.82, 2.24) is 10.2 Å². The van der Waals surface area contributed by atoms with Crippen molar-refractivity contribution in [3.63, 3.8) is 0 Å². The Morgan fingerprint density at radius 1 is 1.71 bits per heavy atom. The average molecular weight is 200 g/mol. The molecule has 2 aliphatic heterocycles. The summed E-state index contributed by atoms with van der Waals surface area (Å²) in [4.78, 5) is 12.7. The van der Waals surface area contributed by atoms with Crippen LogP contribution in [0.15, 0.2) is 0 Å². The molecule has 5 nitrogen and oxygen atoms in total. The van der Waals surface area contributed by atoms with Gasteiger partial charge in [-0.2, -0.15) is 0 Å². The van der Waals surface area contributed by atoms with Gasteiger partial charge in [0.1, 0.15) is 6.23 Å². The molecule has 2 bridgehead atoms. The molecule has 5 heteroatoms. The number of amides is 1. The third kappa shape index (κ3) is 1.12. The molecule has 0 saturated carbocycles. The second-order valence-electron chi connectivity index (χ2n) is 4.23. The second-order valence-corrected chi connectivity index (χ2v) is 4.23. The van der Waals surface area contributed by atoms with Crippen LogP contribution in [0.1, 0.15) is 19.8 Å². The summed E-state index contributed by atoms with van der Waals surface area (Å²) in [6.07, 6.45) is 0.779. The van der Waals surface area contributed by atoms with E-state index in [1.165, 1.54) is 0 Å². The van der Waals surface area contributed by atoms with E-state index in [2.05, 4.69) is 5.32 Å². The Labute approximate surface area is 83.0 Å². The normalized spacial score (nSPS) is 41.4. The van der Waals surface area contributed by atoms with Crippen LogP contribution in [0, 0.1) is 0 Å². The minimum atomic E-state index is -0.835. The van der Waals surface area contributed by atoms with Crippen molar-refractivity contribution in [2.45, 2.75) is 37.6 Å². The van der Waals surface area contributed by atoms with Gasteiger partial charge >= 0.3 is 6.09 Å². The number of rotatable bonds is 1. The highest BCUT2D eigenvalue weighted by molar-refractivity contribution is 5.67. The fraction of sp³-hybridized carbons (Fsp3) is 0.889. The molecule has 0 aromatic carbocycles. The topological polar surface area (TPSA) is 61.8 Å². The predicted octanol–water partition coefficient (Wildman–Crippen LogP) is 0.463. The van der Waals surface area contributed by atoms with E-state index in [0.29, 0.717) is 6.54 Å². The molecule has 3 unspecified atom stereocenters. The molecule has 0 radical (unpaired) electrons. The van der Waals surface area contributed by atoms with Crippen LogP contribution < -0.4 is 5.32 Å². The molecule has 0 aromatic rings. The highest BCUT2D eigenvalue weighted by Gasteiger charge is 2.54. The smallest absolute Gasteiger partial charge is 0.408 e. The Morgan fingerprint density at radius 3 is 3.00 bits per heavy atom. The van der Waals surface area contributed by atoms with Gasteiger partial charge in [0.25, 0.3) is 0 Å². The molecule has 3 atom stereocenters. The number of carbonyl (C=O) groups is 1. The van der Waals surface area contributed by atoms with E-state index in [-0.39, 0.29) is 12.3 Å². The van der Waals surface area contributed by atoms with Crippen LogP contribution in [-0.2, 0) is 4.74 Å². The number of piperazine rings is 1. The van der Waals surface area contributed by atoms with Gasteiger partial charge in [0.2, 0.25) is 0 Å². The summed E-state index contributed by atoms with van der Waals surface area (Å²) >= 11 is 0. The third-order valence-corrected chi connectivity index (χ3v) is 3.44. The molecule has 80 valence electrons. The summed E-state index contributed by atoms with van der Waals surface area (Å²) in [5, 5.41) is 12.4. The molecule has 14 heavy (non-hydrogen) atoms. The van der Waals surface area contributed by atoms with Gasteiger partial charge in [-0.3, -0.25) is 10.2 Å². The maximum Gasteiger partial charge on any atom is 0.408 e. The molecular formula is C9H16N2O3. The summed E-state index contributed by atoms with van der Waals surface area (Å²) in [6, 6.07) is 0.115. The molecule has 0 aromatic heterocycles. The highest BCUT2D eigenvalue weighted by Crippen LogP contribution is 2.39. The highest BCUT2D eigenvalue weighted by atomic mass is 16.5. The van der Waals surface area contributed by atoms with Crippen LogP contribution in [0.5, 0.6) is 0 Å². The van der Waals surface area contributed by atoms with Gasteiger partial charge in [0.15, 0.2) is 0 Å². The Kier molecular flexibility index (Phi) is 2.16. The lowest BCUT2D eigenvalue weighted by molar-refractivity contribution is -0.0686. The van der Waals surface area contributed by atoms with Gasteiger partial charge in [-0.25, -0.2) is 4.79 Å². The fourth-order valence-electron chi connectivity index (χ4n) is 2.75. The van der Waals surface area contributed by atoms with Crippen LogP contribution in [0.3, 0.4) is 0 Å². The molecule has 0 spiro atoms. The maximum atomic E-state index is 11.1. The van der Waals surface area contributed by atoms with Crippen LogP contribution in [0.2, 0.25) is 0 Å². The molecular weight excluding hydrogens is 184 g/mol. The van der Waals surface area contributed by atoms with Crippen molar-refractivity contribution >= 4 is 6.09 Å². The van der Waals surface area contributed by atoms with Crippen LogP contribution >= 0.6 is 0 Å². The van der Waals surface area contributed by atoms with Gasteiger partial charge in [-0.1, -0.05) is 0 Å². The third-order valence-electron chi connectivity index (χ3n) is 3.44. The van der Waals surface area contributed by atoms with E-state index in [1.54, 1.807) is 12.0 Å². The zero-order chi connectivity index (χ0) is 10.3. The Balaban J connectivity index is 2.29. The first kappa shape index (κ1) is 9.73. The zero-order valence-electron chi connectivity index (χ0n) is 8.49. The van der Waals surface area contributed by atoms with Gasteiger partial charge in [-0.15, -0.1) is 0 Å². The first-order valence-electron chi connectivity index (χ1n) is 4.88. The maximum absolute atomic E-state index is 11.1. The molecule has 0 aliphatic carbocycles. The van der Waals surface area contributed by atoms with Crippen LogP contribution in [0.25, 0.3) is 0 Å². The number of hydrogen-bond donors (Lipinski definition) is 2. The summed E-state index contributed by atoms with van der Waals surface area (Å²) in [6.45, 7) is 2.64. The average Bonchev–Trinajstić information content (AvgIpc) is 2.37. The number of nitrogens with one attached hydrogen (secondary N) is 1. The minimum Gasteiger partial charge on any atom is -0.465 e. The van der Waals surface area contributed by atoms with Gasteiger partial charge < -0.3 is 9.84 Å². The van der Waals surface area contributed by atoms with Crippen LogP contribution in [0.4, 0.5) is 4.79 Å². The van der Waals surface area contributed by atoms with E-state index in [9.17, 15) is 4.79 Å². The largest absolute Gasteiger partial charge is 0.465 e. The number of nitrogens with zero attached hydrogens (tertiary/aromatic N) is 1. The first-order valence-corrected chi connectivity index (χ1v) is 4.88. The van der Waals surface area contributed by atoms with Crippen molar-refractivity contribution in [2.75, 3.05) is 13.7 Å². The van der Waals surface area contributed by atoms with E-state index in [0.717, 1.165) is 12.8 Å². The van der Waals surface area contributed by atoms with E-state index >= 15 is 0 Å². The van der Waals surface area contributed by atoms with E-state index in [4.69, 9.17) is 9.84 Å². The molecule has 2 rings (SSSR count).